The Kier molecular flexibility index (Phi) is 2.55. The zero-order valence-corrected chi connectivity index (χ0v) is 8.71. The van der Waals surface area contributed by atoms with Crippen molar-refractivity contribution in [3.8, 4) is 5.75 Å². The zero-order chi connectivity index (χ0) is 12.6. The highest BCUT2D eigenvalue weighted by Crippen LogP contribution is 2.31. The number of nitrogens with zero attached hydrogens (tertiary/aromatic N) is 1. The van der Waals surface area contributed by atoms with Crippen LogP contribution >= 0.6 is 0 Å². The number of phenols is 1. The molecule has 6 nitrogen and oxygen atoms in total. The summed E-state index contributed by atoms with van der Waals surface area (Å²) in [6, 6.07) is 3.94. The maximum atomic E-state index is 11.6. The summed E-state index contributed by atoms with van der Waals surface area (Å²) in [5.74, 6) is -2.57. The van der Waals surface area contributed by atoms with Crippen molar-refractivity contribution >= 4 is 23.3 Å². The van der Waals surface area contributed by atoms with Crippen LogP contribution in [0.5, 0.6) is 5.75 Å². The van der Waals surface area contributed by atoms with Crippen molar-refractivity contribution in [3.05, 3.63) is 23.8 Å². The summed E-state index contributed by atoms with van der Waals surface area (Å²) in [6.07, 6.45) is -0.256. The summed E-state index contributed by atoms with van der Waals surface area (Å²) in [5.41, 5.74) is 0.458. The first kappa shape index (κ1) is 11.1. The predicted octanol–water partition coefficient (Wildman–Crippen LogP) is 0.396. The van der Waals surface area contributed by atoms with Gasteiger partial charge in [0.2, 0.25) is 0 Å². The van der Waals surface area contributed by atoms with Gasteiger partial charge >= 0.3 is 5.97 Å². The van der Waals surface area contributed by atoms with E-state index in [-0.39, 0.29) is 30.0 Å². The summed E-state index contributed by atoms with van der Waals surface area (Å²) < 4.78 is 0. The molecule has 0 aromatic heterocycles. The third-order valence-electron chi connectivity index (χ3n) is 2.51. The van der Waals surface area contributed by atoms with Crippen molar-refractivity contribution in [2.75, 3.05) is 11.4 Å². The van der Waals surface area contributed by atoms with Crippen molar-refractivity contribution in [2.24, 2.45) is 0 Å². The summed E-state index contributed by atoms with van der Waals surface area (Å²) in [7, 11) is 0. The van der Waals surface area contributed by atoms with Gasteiger partial charge in [-0.1, -0.05) is 0 Å². The van der Waals surface area contributed by atoms with Gasteiger partial charge in [0.05, 0.1) is 17.7 Å². The highest BCUT2D eigenvalue weighted by atomic mass is 16.4. The van der Waals surface area contributed by atoms with E-state index in [1.54, 1.807) is 0 Å². The van der Waals surface area contributed by atoms with Gasteiger partial charge in [-0.15, -0.1) is 0 Å². The average Bonchev–Trinajstić information content (AvgIpc) is 2.49. The van der Waals surface area contributed by atoms with E-state index in [2.05, 4.69) is 0 Å². The Labute approximate surface area is 96.1 Å². The van der Waals surface area contributed by atoms with Crippen LogP contribution in [0.2, 0.25) is 0 Å². The number of carbonyl (C=O) groups excluding carboxylic acids is 2. The summed E-state index contributed by atoms with van der Waals surface area (Å²) in [4.78, 5) is 34.7. The SMILES string of the molecule is O=C(O)CCN1C(=O)C(=O)c2ccc(O)cc21. The quantitative estimate of drug-likeness (QED) is 0.739. The number of hydrogen-bond donors (Lipinski definition) is 2. The molecule has 1 aliphatic heterocycles. The van der Waals surface area contributed by atoms with E-state index in [9.17, 15) is 19.5 Å². The van der Waals surface area contributed by atoms with Crippen LogP contribution in [0, 0.1) is 0 Å². The Morgan fingerprint density at radius 2 is 2.00 bits per heavy atom. The van der Waals surface area contributed by atoms with E-state index < -0.39 is 17.7 Å². The van der Waals surface area contributed by atoms with E-state index in [0.29, 0.717) is 0 Å². The van der Waals surface area contributed by atoms with Gasteiger partial charge in [0, 0.05) is 12.6 Å². The first-order valence-corrected chi connectivity index (χ1v) is 4.91. The predicted molar refractivity (Wildman–Crippen MR) is 57.0 cm³/mol. The molecular weight excluding hydrogens is 226 g/mol. The maximum absolute atomic E-state index is 11.6. The number of aliphatic carboxylic acids is 1. The van der Waals surface area contributed by atoms with Crippen molar-refractivity contribution < 1.29 is 24.6 Å². The van der Waals surface area contributed by atoms with Crippen LogP contribution in [0.25, 0.3) is 0 Å². The molecule has 0 bridgehead atoms. The lowest BCUT2D eigenvalue weighted by Gasteiger charge is -2.14. The van der Waals surface area contributed by atoms with Gasteiger partial charge in [0.25, 0.3) is 11.7 Å². The van der Waals surface area contributed by atoms with Crippen molar-refractivity contribution in [1.29, 1.82) is 0 Å². The van der Waals surface area contributed by atoms with E-state index in [4.69, 9.17) is 5.11 Å². The zero-order valence-electron chi connectivity index (χ0n) is 8.71. The number of anilines is 1. The molecule has 2 N–H and O–H groups in total. The molecule has 17 heavy (non-hydrogen) atoms. The molecule has 0 aliphatic carbocycles. The smallest absolute Gasteiger partial charge is 0.305 e. The van der Waals surface area contributed by atoms with Crippen LogP contribution in [0.4, 0.5) is 5.69 Å². The Bertz CT molecular complexity index is 523. The molecule has 0 unspecified atom stereocenters. The topological polar surface area (TPSA) is 94.9 Å². The van der Waals surface area contributed by atoms with Gasteiger partial charge in [0.1, 0.15) is 5.75 Å². The Balaban J connectivity index is 2.36. The summed E-state index contributed by atoms with van der Waals surface area (Å²) in [6.45, 7) is -0.0869. The third kappa shape index (κ3) is 1.84. The number of ketones is 1. The van der Waals surface area contributed by atoms with Gasteiger partial charge in [-0.2, -0.15) is 0 Å². The summed E-state index contributed by atoms with van der Waals surface area (Å²) >= 11 is 0. The second-order valence-corrected chi connectivity index (χ2v) is 3.63. The number of phenolic OH excluding ortho intramolecular Hbond substituents is 1. The van der Waals surface area contributed by atoms with Crippen molar-refractivity contribution in [3.63, 3.8) is 0 Å². The number of rotatable bonds is 3. The molecule has 1 aromatic rings. The van der Waals surface area contributed by atoms with E-state index in [1.807, 2.05) is 0 Å². The molecule has 0 fully saturated rings. The van der Waals surface area contributed by atoms with Gasteiger partial charge in [0.15, 0.2) is 0 Å². The highest BCUT2D eigenvalue weighted by molar-refractivity contribution is 6.52. The van der Waals surface area contributed by atoms with Crippen LogP contribution in [0.15, 0.2) is 18.2 Å². The molecule has 0 atom stereocenters. The fourth-order valence-electron chi connectivity index (χ4n) is 1.71. The second kappa shape index (κ2) is 3.89. The molecule has 0 spiro atoms. The lowest BCUT2D eigenvalue weighted by atomic mass is 10.1. The standard InChI is InChI=1S/C11H9NO5/c13-6-1-2-7-8(5-6)12(4-3-9(14)15)11(17)10(7)16/h1-2,5,13H,3-4H2,(H,14,15). The number of aromatic hydroxyl groups is 1. The lowest BCUT2D eigenvalue weighted by molar-refractivity contribution is -0.136. The van der Waals surface area contributed by atoms with E-state index in [0.717, 1.165) is 4.90 Å². The van der Waals surface area contributed by atoms with E-state index >= 15 is 0 Å². The largest absolute Gasteiger partial charge is 0.508 e. The molecule has 1 aliphatic rings. The Morgan fingerprint density at radius 1 is 1.29 bits per heavy atom. The van der Waals surface area contributed by atoms with Gasteiger partial charge < -0.3 is 15.1 Å². The normalized spacial score (nSPS) is 14.0. The van der Waals surface area contributed by atoms with Crippen molar-refractivity contribution in [1.82, 2.24) is 0 Å². The molecule has 6 heteroatoms. The number of fused-ring (bicyclic) bond motifs is 1. The number of carboxylic acid groups (broad SMARTS) is 1. The highest BCUT2D eigenvalue weighted by Gasteiger charge is 2.35. The minimum Gasteiger partial charge on any atom is -0.508 e. The lowest BCUT2D eigenvalue weighted by Crippen LogP contribution is -2.31. The number of carboxylic acids is 1. The molecule has 1 aromatic carbocycles. The summed E-state index contributed by atoms with van der Waals surface area (Å²) in [5, 5.41) is 17.9. The van der Waals surface area contributed by atoms with Crippen LogP contribution in [-0.2, 0) is 9.59 Å². The van der Waals surface area contributed by atoms with Gasteiger partial charge in [-0.3, -0.25) is 14.4 Å². The molecule has 0 saturated carbocycles. The third-order valence-corrected chi connectivity index (χ3v) is 2.51. The molecule has 88 valence electrons. The first-order valence-electron chi connectivity index (χ1n) is 4.91. The number of Topliss-reactive ketones (excluding diaryl/α,β-unsaturated/α-hetero) is 1. The van der Waals surface area contributed by atoms with Crippen LogP contribution in [-0.4, -0.2) is 34.4 Å². The fraction of sp³-hybridized carbons (Fsp3) is 0.182. The number of amides is 1. The monoisotopic (exact) mass is 235 g/mol. The minimum absolute atomic E-state index is 0.0772. The van der Waals surface area contributed by atoms with Gasteiger partial charge in [-0.05, 0) is 12.1 Å². The molecular formula is C11H9NO5. The fourth-order valence-corrected chi connectivity index (χ4v) is 1.71. The van der Waals surface area contributed by atoms with Gasteiger partial charge in [-0.25, -0.2) is 0 Å². The molecule has 0 radical (unpaired) electrons. The molecule has 0 saturated heterocycles. The molecule has 2 rings (SSSR count). The average molecular weight is 235 g/mol. The number of hydrogen-bond acceptors (Lipinski definition) is 4. The van der Waals surface area contributed by atoms with Crippen LogP contribution < -0.4 is 4.90 Å². The van der Waals surface area contributed by atoms with Crippen molar-refractivity contribution in [2.45, 2.75) is 6.42 Å². The first-order chi connectivity index (χ1) is 8.00. The Morgan fingerprint density at radius 3 is 2.65 bits per heavy atom. The molecule has 1 heterocycles. The Hall–Kier alpha value is -2.37. The second-order valence-electron chi connectivity index (χ2n) is 3.63. The number of carbonyl (C=O) groups is 3. The number of benzene rings is 1. The van der Waals surface area contributed by atoms with E-state index in [1.165, 1.54) is 18.2 Å². The minimum atomic E-state index is -1.06. The van der Waals surface area contributed by atoms with Crippen LogP contribution in [0.1, 0.15) is 16.8 Å². The maximum Gasteiger partial charge on any atom is 0.305 e. The molecule has 1 amide bonds. The van der Waals surface area contributed by atoms with Crippen LogP contribution in [0.3, 0.4) is 0 Å².